The number of hydrogen-bond acceptors (Lipinski definition) is 1. The SMILES string of the molecule is C1=CC[N-]C(C2CCCC[N-]2)=C1.CC(C)CC([NH-])C(=O)O.[Cl][Pt]. The Hall–Kier alpha value is -0.352. The number of piperidine rings is 1. The van der Waals surface area contributed by atoms with Crippen LogP contribution in [0.25, 0.3) is 16.4 Å². The molecule has 0 aliphatic carbocycles. The van der Waals surface area contributed by atoms with Gasteiger partial charge in [-0.1, -0.05) is 51.7 Å². The summed E-state index contributed by atoms with van der Waals surface area (Å²) in [4.78, 5) is 10.0. The quantitative estimate of drug-likeness (QED) is 0.565. The minimum absolute atomic E-state index is 0.295. The first kappa shape index (κ1) is 22.6. The average Bonchev–Trinajstić information content (AvgIpc) is 2.58. The summed E-state index contributed by atoms with van der Waals surface area (Å²) in [5.74, 6) is -0.729. The summed E-state index contributed by atoms with van der Waals surface area (Å²) in [5.41, 5.74) is 8.15. The summed E-state index contributed by atoms with van der Waals surface area (Å²) in [6.07, 6.45) is 10.5. The monoisotopic (exact) mass is 522 g/mol. The van der Waals surface area contributed by atoms with E-state index in [1.54, 1.807) is 18.8 Å². The zero-order chi connectivity index (χ0) is 17.7. The maximum absolute atomic E-state index is 10.0. The number of aliphatic carboxylic acids is 1. The van der Waals surface area contributed by atoms with Gasteiger partial charge in [0, 0.05) is 0 Å². The first-order valence-electron chi connectivity index (χ1n) is 7.77. The molecule has 2 unspecified atom stereocenters. The van der Waals surface area contributed by atoms with E-state index in [-0.39, 0.29) is 0 Å². The van der Waals surface area contributed by atoms with Gasteiger partial charge in [0.2, 0.25) is 0 Å². The summed E-state index contributed by atoms with van der Waals surface area (Å²) in [6, 6.07) is -0.534. The van der Waals surface area contributed by atoms with E-state index in [1.165, 1.54) is 25.0 Å². The van der Waals surface area contributed by atoms with Gasteiger partial charge in [-0.05, 0) is 12.0 Å². The number of allylic oxidation sites excluding steroid dienone is 2. The molecule has 0 amide bonds. The summed E-state index contributed by atoms with van der Waals surface area (Å²) < 4.78 is 0. The van der Waals surface area contributed by atoms with Crippen molar-refractivity contribution in [3.8, 4) is 0 Å². The van der Waals surface area contributed by atoms with E-state index in [1.807, 2.05) is 13.8 Å². The van der Waals surface area contributed by atoms with E-state index in [4.69, 9.17) is 10.8 Å². The Kier molecular flexibility index (Phi) is 13.8. The van der Waals surface area contributed by atoms with Crippen LogP contribution in [-0.4, -0.2) is 36.2 Å². The van der Waals surface area contributed by atoms with Gasteiger partial charge in [-0.3, -0.25) is 4.79 Å². The van der Waals surface area contributed by atoms with Crippen molar-refractivity contribution in [3.05, 3.63) is 40.3 Å². The van der Waals surface area contributed by atoms with Crippen LogP contribution < -0.4 is 0 Å². The molecule has 1 fully saturated rings. The number of carboxylic acids is 1. The molecule has 0 bridgehead atoms. The van der Waals surface area contributed by atoms with Gasteiger partial charge < -0.3 is 21.5 Å². The van der Waals surface area contributed by atoms with Crippen LogP contribution in [-0.2, 0) is 23.6 Å². The summed E-state index contributed by atoms with van der Waals surface area (Å²) in [7, 11) is 4.61. The van der Waals surface area contributed by atoms with Crippen molar-refractivity contribution in [1.82, 2.24) is 0 Å². The Morgan fingerprint density at radius 3 is 2.57 bits per heavy atom. The number of rotatable bonds is 4. The van der Waals surface area contributed by atoms with E-state index in [0.717, 1.165) is 13.1 Å². The molecule has 0 spiro atoms. The average molecular weight is 523 g/mol. The van der Waals surface area contributed by atoms with Crippen molar-refractivity contribution in [2.24, 2.45) is 5.92 Å². The van der Waals surface area contributed by atoms with Gasteiger partial charge >= 0.3 is 28.2 Å². The molecule has 2 aliphatic heterocycles. The van der Waals surface area contributed by atoms with Gasteiger partial charge in [0.25, 0.3) is 5.97 Å². The third kappa shape index (κ3) is 10.9. The second-order valence-electron chi connectivity index (χ2n) is 5.80. The van der Waals surface area contributed by atoms with Crippen molar-refractivity contribution in [1.29, 1.82) is 0 Å². The zero-order valence-electron chi connectivity index (χ0n) is 13.7. The third-order valence-electron chi connectivity index (χ3n) is 3.36. The number of carboxylic acid groups (broad SMARTS) is 1. The Morgan fingerprint density at radius 1 is 1.48 bits per heavy atom. The van der Waals surface area contributed by atoms with E-state index in [9.17, 15) is 4.79 Å². The van der Waals surface area contributed by atoms with Crippen LogP contribution in [0.3, 0.4) is 0 Å². The molecule has 5 nitrogen and oxygen atoms in total. The van der Waals surface area contributed by atoms with E-state index in [2.05, 4.69) is 38.3 Å². The second-order valence-corrected chi connectivity index (χ2v) is 5.80. The van der Waals surface area contributed by atoms with Crippen molar-refractivity contribution in [2.75, 3.05) is 13.1 Å². The van der Waals surface area contributed by atoms with Crippen LogP contribution in [0.1, 0.15) is 39.5 Å². The number of nitrogens with zero attached hydrogens (tertiary/aromatic N) is 2. The molecule has 0 aromatic heterocycles. The molecule has 0 radical (unpaired) electrons. The van der Waals surface area contributed by atoms with E-state index >= 15 is 0 Å². The normalized spacial score (nSPS) is 21.0. The van der Waals surface area contributed by atoms with Crippen LogP contribution in [0.15, 0.2) is 23.9 Å². The first-order valence-corrected chi connectivity index (χ1v) is 10.6. The molecule has 0 saturated carbocycles. The number of nitrogens with one attached hydrogen (secondary N) is 1. The summed E-state index contributed by atoms with van der Waals surface area (Å²) in [6.45, 7) is 5.69. The Labute approximate surface area is 154 Å². The first-order chi connectivity index (χ1) is 11.0. The van der Waals surface area contributed by atoms with Crippen molar-refractivity contribution in [3.63, 3.8) is 0 Å². The fourth-order valence-electron chi connectivity index (χ4n) is 2.26. The molecular formula is C16H26ClN3O2Pt-3. The molecule has 23 heavy (non-hydrogen) atoms. The van der Waals surface area contributed by atoms with Gasteiger partial charge in [0.05, 0.1) is 0 Å². The molecule has 1 saturated heterocycles. The topological polar surface area (TPSA) is 89.3 Å². The van der Waals surface area contributed by atoms with Crippen molar-refractivity contribution in [2.45, 2.75) is 51.6 Å². The fourth-order valence-corrected chi connectivity index (χ4v) is 2.26. The van der Waals surface area contributed by atoms with Gasteiger partial charge in [-0.25, -0.2) is 0 Å². The molecule has 2 N–H and O–H groups in total. The van der Waals surface area contributed by atoms with Gasteiger partial charge in [-0.2, -0.15) is 5.70 Å². The Bertz CT molecular complexity index is 384. The molecule has 2 atom stereocenters. The predicted octanol–water partition coefficient (Wildman–Crippen LogP) is 4.96. The Morgan fingerprint density at radius 2 is 2.17 bits per heavy atom. The molecule has 0 aromatic rings. The summed E-state index contributed by atoms with van der Waals surface area (Å²) in [5, 5.41) is 17.2. The van der Waals surface area contributed by atoms with E-state index < -0.39 is 12.0 Å². The summed E-state index contributed by atoms with van der Waals surface area (Å²) >= 11 is 1.61. The number of carbonyl (C=O) groups is 1. The fraction of sp³-hybridized carbons (Fsp3) is 0.688. The van der Waals surface area contributed by atoms with Crippen LogP contribution in [0.5, 0.6) is 0 Å². The number of hydrogen-bond donors (Lipinski definition) is 1. The maximum atomic E-state index is 10.0. The second kappa shape index (κ2) is 14.0. The molecule has 2 rings (SSSR count). The van der Waals surface area contributed by atoms with Crippen molar-refractivity contribution >= 4 is 15.4 Å². The molecule has 7 heteroatoms. The third-order valence-corrected chi connectivity index (χ3v) is 3.36. The van der Waals surface area contributed by atoms with Crippen LogP contribution >= 0.6 is 9.42 Å². The van der Waals surface area contributed by atoms with Crippen molar-refractivity contribution < 1.29 is 28.7 Å². The molecule has 2 aliphatic rings. The predicted molar refractivity (Wildman–Crippen MR) is 92.4 cm³/mol. The van der Waals surface area contributed by atoms with Crippen LogP contribution in [0, 0.1) is 5.92 Å². The van der Waals surface area contributed by atoms with Gasteiger partial charge in [0.1, 0.15) is 0 Å². The molecule has 137 valence electrons. The van der Waals surface area contributed by atoms with Crippen LogP contribution in [0.2, 0.25) is 0 Å². The van der Waals surface area contributed by atoms with Gasteiger partial charge in [-0.15, -0.1) is 25.2 Å². The van der Waals surface area contributed by atoms with E-state index in [0.29, 0.717) is 18.4 Å². The zero-order valence-corrected chi connectivity index (χ0v) is 16.7. The van der Waals surface area contributed by atoms with Crippen LogP contribution in [0.4, 0.5) is 0 Å². The molecule has 0 aromatic carbocycles. The van der Waals surface area contributed by atoms with Gasteiger partial charge in [0.15, 0.2) is 0 Å². The Balaban J connectivity index is 0.000000396. The molecule has 2 heterocycles. The standard InChI is InChI=1S/C10H14N2.C6H12NO2.ClH.Pt/c1-3-7-11-9(5-1)10-6-2-4-8-12-10;1-4(2)3-5(7)6(8)9;;/h1,3,5,10H,2,4,6-8H2;4-5,7H,3H2,1-2H3,(H,8,9);1H;/q-2;-1;;+1/p-1. The minimum atomic E-state index is -1.02. The number of halogens is 1. The molecular weight excluding hydrogens is 497 g/mol.